The molecule has 0 bridgehead atoms. The first-order chi connectivity index (χ1) is 30.1. The highest BCUT2D eigenvalue weighted by Gasteiger charge is 2.63. The minimum absolute atomic E-state index is 0.00617. The maximum Gasteiger partial charge on any atom is 0.252 e. The van der Waals surface area contributed by atoms with E-state index in [0.29, 0.717) is 0 Å². The maximum atomic E-state index is 2.92. The van der Waals surface area contributed by atoms with Gasteiger partial charge in [-0.05, 0) is 131 Å². The smallest absolute Gasteiger partial charge is 0.252 e. The Bertz CT molecular complexity index is 2870. The average molecular weight is 826 g/mol. The Hall–Kier alpha value is -5.22. The maximum absolute atomic E-state index is 2.92. The van der Waals surface area contributed by atoms with Gasteiger partial charge in [-0.3, -0.25) is 0 Å². The molecule has 4 unspecified atom stereocenters. The fraction of sp³-hybridized carbons (Fsp3) is 0.390. The fourth-order valence-corrected chi connectivity index (χ4v) is 14.4. The summed E-state index contributed by atoms with van der Waals surface area (Å²) in [5.41, 5.74) is 20.7. The minimum Gasteiger partial charge on any atom is -0.335 e. The van der Waals surface area contributed by atoms with Gasteiger partial charge in [-0.2, -0.15) is 0 Å². The summed E-state index contributed by atoms with van der Waals surface area (Å²) in [7, 11) is 0. The lowest BCUT2D eigenvalue weighted by molar-refractivity contribution is 0.195. The predicted octanol–water partition coefficient (Wildman–Crippen LogP) is 13.4. The lowest BCUT2D eigenvalue weighted by Crippen LogP contribution is -2.64. The van der Waals surface area contributed by atoms with Crippen LogP contribution in [0.25, 0.3) is 0 Å². The SMILES string of the molecule is CC(C)(C)c1cccc(N2c3cc(C(C)(C)C)ccc3B3c4cccc5c4N(c4cc(N6c7ccccc7C7(c8ccccc8)CCCCC67C)cc2c43)C2(C)CCCCC52C)c1. The highest BCUT2D eigenvalue weighted by molar-refractivity contribution is 7.00. The van der Waals surface area contributed by atoms with E-state index in [2.05, 4.69) is 204 Å². The van der Waals surface area contributed by atoms with E-state index >= 15 is 0 Å². The van der Waals surface area contributed by atoms with Crippen LogP contribution in [0.15, 0.2) is 127 Å². The zero-order valence-corrected chi connectivity index (χ0v) is 39.2. The molecule has 2 saturated carbocycles. The molecule has 0 radical (unpaired) electrons. The first-order valence-corrected chi connectivity index (χ1v) is 24.2. The van der Waals surface area contributed by atoms with Crippen molar-refractivity contribution >= 4 is 62.9 Å². The van der Waals surface area contributed by atoms with Crippen molar-refractivity contribution in [2.45, 2.75) is 146 Å². The van der Waals surface area contributed by atoms with Crippen molar-refractivity contribution in [3.63, 3.8) is 0 Å². The predicted molar refractivity (Wildman–Crippen MR) is 269 cm³/mol. The molecule has 2 fully saturated rings. The van der Waals surface area contributed by atoms with Crippen molar-refractivity contribution in [3.05, 3.63) is 155 Å². The molecule has 4 heteroatoms. The molecule has 0 amide bonds. The Morgan fingerprint density at radius 1 is 0.476 bits per heavy atom. The minimum atomic E-state index is -0.175. The van der Waals surface area contributed by atoms with E-state index in [9.17, 15) is 0 Å². The average Bonchev–Trinajstić information content (AvgIpc) is 3.64. The van der Waals surface area contributed by atoms with Crippen molar-refractivity contribution < 1.29 is 0 Å². The van der Waals surface area contributed by atoms with Gasteiger partial charge in [0.1, 0.15) is 0 Å². The molecule has 6 aliphatic rings. The quantitative estimate of drug-likeness (QED) is 0.164. The molecule has 2 aliphatic carbocycles. The lowest BCUT2D eigenvalue weighted by atomic mass is 9.33. The van der Waals surface area contributed by atoms with E-state index in [-0.39, 0.29) is 39.5 Å². The van der Waals surface area contributed by atoms with Gasteiger partial charge in [-0.25, -0.2) is 0 Å². The molecule has 4 atom stereocenters. The number of benzene rings is 6. The van der Waals surface area contributed by atoms with Crippen molar-refractivity contribution in [2.75, 3.05) is 14.7 Å². The second-order valence-corrected chi connectivity index (χ2v) is 23.0. The number of anilines is 7. The van der Waals surface area contributed by atoms with Gasteiger partial charge in [0, 0.05) is 50.6 Å². The molecule has 0 spiro atoms. The molecular weight excluding hydrogens is 761 g/mol. The molecule has 0 N–H and O–H groups in total. The fourth-order valence-electron chi connectivity index (χ4n) is 14.4. The van der Waals surface area contributed by atoms with Gasteiger partial charge in [0.15, 0.2) is 0 Å². The Morgan fingerprint density at radius 2 is 1.13 bits per heavy atom. The van der Waals surface area contributed by atoms with Crippen LogP contribution in [-0.2, 0) is 21.7 Å². The first-order valence-electron chi connectivity index (χ1n) is 24.2. The van der Waals surface area contributed by atoms with Gasteiger partial charge in [-0.1, -0.05) is 165 Å². The Balaban J connectivity index is 1.21. The summed E-state index contributed by atoms with van der Waals surface area (Å²) in [6, 6.07) is 50.8. The number of fused-ring (bicyclic) bond motifs is 10. The molecule has 6 aromatic carbocycles. The van der Waals surface area contributed by atoms with Crippen LogP contribution < -0.4 is 31.1 Å². The van der Waals surface area contributed by atoms with Gasteiger partial charge in [-0.15, -0.1) is 0 Å². The van der Waals surface area contributed by atoms with Gasteiger partial charge in [0.25, 0.3) is 6.71 Å². The third-order valence-electron chi connectivity index (χ3n) is 17.8. The molecule has 318 valence electrons. The molecule has 4 heterocycles. The second kappa shape index (κ2) is 13.0. The first kappa shape index (κ1) is 39.4. The van der Waals surface area contributed by atoms with Crippen molar-refractivity contribution in [2.24, 2.45) is 0 Å². The van der Waals surface area contributed by atoms with Gasteiger partial charge in [0.05, 0.1) is 11.1 Å². The molecule has 63 heavy (non-hydrogen) atoms. The molecule has 4 aliphatic heterocycles. The van der Waals surface area contributed by atoms with Crippen LogP contribution in [-0.4, -0.2) is 17.8 Å². The van der Waals surface area contributed by atoms with Crippen molar-refractivity contribution in [1.82, 2.24) is 0 Å². The molecular formula is C59H64BN3. The second-order valence-electron chi connectivity index (χ2n) is 23.0. The number of rotatable bonds is 3. The molecule has 6 aromatic rings. The Kier molecular flexibility index (Phi) is 8.10. The normalized spacial score (nSPS) is 26.4. The van der Waals surface area contributed by atoms with E-state index in [1.165, 1.54) is 117 Å². The van der Waals surface area contributed by atoms with E-state index in [1.807, 2.05) is 0 Å². The van der Waals surface area contributed by atoms with Crippen molar-refractivity contribution in [1.29, 1.82) is 0 Å². The van der Waals surface area contributed by atoms with Gasteiger partial charge >= 0.3 is 0 Å². The summed E-state index contributed by atoms with van der Waals surface area (Å²) in [5.74, 6) is 0. The van der Waals surface area contributed by atoms with E-state index in [0.717, 1.165) is 12.8 Å². The highest BCUT2D eigenvalue weighted by Crippen LogP contribution is 2.66. The largest absolute Gasteiger partial charge is 0.335 e. The summed E-state index contributed by atoms with van der Waals surface area (Å²) in [6.45, 7) is 22.1. The van der Waals surface area contributed by atoms with Crippen LogP contribution in [0.5, 0.6) is 0 Å². The molecule has 0 aromatic heterocycles. The summed E-state index contributed by atoms with van der Waals surface area (Å²) in [4.78, 5) is 8.47. The van der Waals surface area contributed by atoms with Gasteiger partial charge < -0.3 is 14.7 Å². The van der Waals surface area contributed by atoms with Crippen LogP contribution in [0.1, 0.15) is 141 Å². The van der Waals surface area contributed by atoms with E-state index in [1.54, 1.807) is 5.56 Å². The monoisotopic (exact) mass is 826 g/mol. The summed E-state index contributed by atoms with van der Waals surface area (Å²) >= 11 is 0. The highest BCUT2D eigenvalue weighted by atomic mass is 15.3. The number of hydrogen-bond donors (Lipinski definition) is 0. The third kappa shape index (κ3) is 4.99. The zero-order valence-electron chi connectivity index (χ0n) is 39.2. The summed E-state index contributed by atoms with van der Waals surface area (Å²) in [5, 5.41) is 0. The van der Waals surface area contributed by atoms with Gasteiger partial charge in [0.2, 0.25) is 0 Å². The van der Waals surface area contributed by atoms with E-state index in [4.69, 9.17) is 0 Å². The zero-order chi connectivity index (χ0) is 43.5. The van der Waals surface area contributed by atoms with Crippen LogP contribution in [0.4, 0.5) is 39.8 Å². The van der Waals surface area contributed by atoms with Crippen molar-refractivity contribution in [3.8, 4) is 0 Å². The summed E-state index contributed by atoms with van der Waals surface area (Å²) < 4.78 is 0. The standard InChI is InChI=1S/C59H64BN3/c1-54(2,3)40-23-19-24-42(35-40)61-49-36-41(55(4,5)6)29-30-46(49)60-47-27-20-26-45-53(47)63(57(8)32-16-15-31-56(45,57)7)51-38-43(37-50(61)52(51)60)62-48-28-14-13-25-44(48)59(39-21-11-10-12-22-39)34-18-17-33-58(59,62)9/h10-14,19-30,35-38H,15-18,31-34H2,1-9H3. The number of para-hydroxylation sites is 2. The third-order valence-corrected chi connectivity index (χ3v) is 17.8. The topological polar surface area (TPSA) is 9.72 Å². The lowest BCUT2D eigenvalue weighted by Gasteiger charge is -2.54. The van der Waals surface area contributed by atoms with Crippen LogP contribution in [0, 0.1) is 0 Å². The summed E-state index contributed by atoms with van der Waals surface area (Å²) in [6.07, 6.45) is 9.69. The van der Waals surface area contributed by atoms with Crippen LogP contribution >= 0.6 is 0 Å². The van der Waals surface area contributed by atoms with Crippen LogP contribution in [0.2, 0.25) is 0 Å². The Labute approximate surface area is 377 Å². The number of nitrogens with zero attached hydrogens (tertiary/aromatic N) is 3. The van der Waals surface area contributed by atoms with E-state index < -0.39 is 0 Å². The number of hydrogen-bond acceptors (Lipinski definition) is 3. The molecule has 12 rings (SSSR count). The van der Waals surface area contributed by atoms with Crippen LogP contribution in [0.3, 0.4) is 0 Å². The molecule has 0 saturated heterocycles. The molecule has 3 nitrogen and oxygen atoms in total. The Morgan fingerprint density at radius 3 is 1.90 bits per heavy atom.